The number of methoxy groups -OCH3 is 1. The van der Waals surface area contributed by atoms with Crippen molar-refractivity contribution in [1.29, 1.82) is 0 Å². The van der Waals surface area contributed by atoms with Crippen LogP contribution in [-0.4, -0.2) is 109 Å². The summed E-state index contributed by atoms with van der Waals surface area (Å²) < 4.78 is 45.9. The highest BCUT2D eigenvalue weighted by atomic mass is 32.2. The molecule has 7 rings (SSSR count). The van der Waals surface area contributed by atoms with E-state index in [4.69, 9.17) is 19.2 Å². The smallest absolute Gasteiger partial charge is 0.317 e. The van der Waals surface area contributed by atoms with E-state index in [1.54, 1.807) is 34.2 Å². The van der Waals surface area contributed by atoms with Crippen LogP contribution in [0.1, 0.15) is 83.1 Å². The molecule has 2 aliphatic heterocycles. The summed E-state index contributed by atoms with van der Waals surface area (Å²) in [7, 11) is 0.784. The van der Waals surface area contributed by atoms with Gasteiger partial charge in [0.15, 0.2) is 0 Å². The summed E-state index contributed by atoms with van der Waals surface area (Å²) in [5, 5.41) is 6.47. The Balaban J connectivity index is 1.22. The minimum Gasteiger partial charge on any atom is -0.496 e. The van der Waals surface area contributed by atoms with Gasteiger partial charge in [0.05, 0.1) is 23.9 Å². The zero-order valence-electron chi connectivity index (χ0n) is 32.2. The molecule has 0 radical (unpaired) electrons. The van der Waals surface area contributed by atoms with Gasteiger partial charge in [-0.3, -0.25) is 19.1 Å². The lowest BCUT2D eigenvalue weighted by Gasteiger charge is -2.30. The Bertz CT molecular complexity index is 2010. The number of allylic oxidation sites excluding steroid dienone is 1. The van der Waals surface area contributed by atoms with Crippen molar-refractivity contribution < 1.29 is 41.8 Å². The van der Waals surface area contributed by atoms with Gasteiger partial charge in [-0.2, -0.15) is 0 Å². The first-order chi connectivity index (χ1) is 26.1. The number of nitrogens with one attached hydrogen (secondary N) is 3. The van der Waals surface area contributed by atoms with Crippen molar-refractivity contribution in [3.05, 3.63) is 35.9 Å². The quantitative estimate of drug-likeness (QED) is 0.319. The molecule has 0 bridgehead atoms. The first-order valence-electron chi connectivity index (χ1n) is 19.3. The lowest BCUT2D eigenvalue weighted by Crippen LogP contribution is -2.59. The maximum atomic E-state index is 14.5. The van der Waals surface area contributed by atoms with Crippen LogP contribution in [0.3, 0.4) is 0 Å². The average molecular weight is 781 g/mol. The van der Waals surface area contributed by atoms with E-state index in [-0.39, 0.29) is 25.5 Å². The van der Waals surface area contributed by atoms with Crippen LogP contribution in [0.25, 0.3) is 10.9 Å². The van der Waals surface area contributed by atoms with Crippen molar-refractivity contribution in [3.63, 3.8) is 0 Å². The maximum absolute atomic E-state index is 14.5. The molecule has 5 amide bonds. The van der Waals surface area contributed by atoms with Crippen molar-refractivity contribution >= 4 is 44.7 Å². The van der Waals surface area contributed by atoms with Gasteiger partial charge in [0, 0.05) is 43.5 Å². The number of benzene rings is 1. The van der Waals surface area contributed by atoms with Crippen molar-refractivity contribution in [1.82, 2.24) is 30.1 Å². The molecule has 15 nitrogen and oxygen atoms in total. The predicted molar refractivity (Wildman–Crippen MR) is 203 cm³/mol. The standard InChI is InChI=1S/C39H52N6O9S/c1-23-30(52-5)16-15-27-31(20-32(41-33(23)27)54-25-13-14-25)53-26-19-29-34(46)42-39(36(48)43-55(50,51)38(2)17-18-38)21-24(39)11-9-7-6-8-10-12-28(35(47)45(29)22-26)40-37(49)44(3)4/h9,11,15-16,20,24-26,28-29H,6-8,10,12-14,17-19,21-22H2,1-5H3,(H,40,49)(H,42,46)(H,43,48)/b11-9-/t24-,26-,28+,29+,39-/m1/s1. The Morgan fingerprint density at radius 3 is 2.49 bits per heavy atom. The first-order valence-corrected chi connectivity index (χ1v) is 20.8. The highest BCUT2D eigenvalue weighted by molar-refractivity contribution is 7.91. The van der Waals surface area contributed by atoms with Gasteiger partial charge in [0.2, 0.25) is 27.7 Å². The molecular weight excluding hydrogens is 729 g/mol. The molecule has 5 atom stereocenters. The number of amides is 5. The number of pyridine rings is 1. The topological polar surface area (TPSA) is 186 Å². The van der Waals surface area contributed by atoms with E-state index in [0.29, 0.717) is 60.4 Å². The molecule has 0 spiro atoms. The molecule has 3 N–H and O–H groups in total. The highest BCUT2D eigenvalue weighted by Gasteiger charge is 2.63. The molecule has 3 heterocycles. The van der Waals surface area contributed by atoms with E-state index >= 15 is 0 Å². The van der Waals surface area contributed by atoms with Crippen molar-refractivity contribution in [3.8, 4) is 17.4 Å². The second kappa shape index (κ2) is 14.8. The summed E-state index contributed by atoms with van der Waals surface area (Å²) >= 11 is 0. The number of urea groups is 1. The predicted octanol–water partition coefficient (Wildman–Crippen LogP) is 3.47. The molecule has 0 unspecified atom stereocenters. The maximum Gasteiger partial charge on any atom is 0.317 e. The zero-order chi connectivity index (χ0) is 39.3. The number of hydrogen-bond donors (Lipinski definition) is 3. The number of carbonyl (C=O) groups excluding carboxylic acids is 4. The Kier molecular flexibility index (Phi) is 10.4. The molecular formula is C39H52N6O9S. The molecule has 298 valence electrons. The van der Waals surface area contributed by atoms with E-state index in [9.17, 15) is 27.6 Å². The number of aryl methyl sites for hydroxylation is 1. The number of sulfonamides is 1. The van der Waals surface area contributed by atoms with Crippen LogP contribution in [0.5, 0.6) is 17.4 Å². The third-order valence-corrected chi connectivity index (χ3v) is 13.8. The molecule has 55 heavy (non-hydrogen) atoms. The van der Waals surface area contributed by atoms with Gasteiger partial charge in [-0.25, -0.2) is 18.2 Å². The molecule has 3 aliphatic carbocycles. The number of ether oxygens (including phenoxy) is 3. The van der Waals surface area contributed by atoms with Crippen LogP contribution in [0.15, 0.2) is 30.4 Å². The van der Waals surface area contributed by atoms with Gasteiger partial charge < -0.3 is 34.6 Å². The normalized spacial score (nSPS) is 28.3. The third-order valence-electron chi connectivity index (χ3n) is 11.6. The van der Waals surface area contributed by atoms with Crippen LogP contribution in [0.2, 0.25) is 0 Å². The Morgan fingerprint density at radius 2 is 1.80 bits per heavy atom. The van der Waals surface area contributed by atoms with E-state index in [2.05, 4.69) is 15.4 Å². The second-order valence-corrected chi connectivity index (χ2v) is 18.4. The number of rotatable bonds is 9. The molecule has 1 aromatic carbocycles. The van der Waals surface area contributed by atoms with Gasteiger partial charge >= 0.3 is 6.03 Å². The van der Waals surface area contributed by atoms with Crippen molar-refractivity contribution in [2.75, 3.05) is 27.7 Å². The molecule has 1 aromatic heterocycles. The van der Waals surface area contributed by atoms with Gasteiger partial charge in [0.1, 0.15) is 41.3 Å². The molecule has 16 heteroatoms. The third kappa shape index (κ3) is 7.92. The van der Waals surface area contributed by atoms with Gasteiger partial charge in [-0.1, -0.05) is 25.0 Å². The number of aromatic nitrogens is 1. The average Bonchev–Trinajstić information content (AvgIpc) is 4.09. The Morgan fingerprint density at radius 1 is 1.04 bits per heavy atom. The van der Waals surface area contributed by atoms with Crippen molar-refractivity contribution in [2.24, 2.45) is 5.92 Å². The Hall–Kier alpha value is -4.60. The van der Waals surface area contributed by atoms with Gasteiger partial charge in [0.25, 0.3) is 5.91 Å². The summed E-state index contributed by atoms with van der Waals surface area (Å²) in [4.78, 5) is 63.4. The van der Waals surface area contributed by atoms with Crippen molar-refractivity contribution in [2.45, 2.75) is 119 Å². The highest BCUT2D eigenvalue weighted by Crippen LogP contribution is 2.48. The molecule has 5 aliphatic rings. The fourth-order valence-corrected chi connectivity index (χ4v) is 8.81. The summed E-state index contributed by atoms with van der Waals surface area (Å²) in [6.07, 6.45) is 9.57. The second-order valence-electron chi connectivity index (χ2n) is 16.2. The van der Waals surface area contributed by atoms with Crippen LogP contribution < -0.4 is 29.6 Å². The van der Waals surface area contributed by atoms with E-state index < -0.39 is 68.2 Å². The minimum absolute atomic E-state index is 0.0122. The van der Waals surface area contributed by atoms with Crippen LogP contribution >= 0.6 is 0 Å². The monoisotopic (exact) mass is 780 g/mol. The number of carbonyl (C=O) groups is 4. The first kappa shape index (κ1) is 38.7. The number of nitrogens with zero attached hydrogens (tertiary/aromatic N) is 3. The lowest BCUT2D eigenvalue weighted by molar-refractivity contribution is -0.141. The number of hydrogen-bond acceptors (Lipinski definition) is 10. The number of fused-ring (bicyclic) bond motifs is 3. The molecule has 4 fully saturated rings. The minimum atomic E-state index is -3.99. The summed E-state index contributed by atoms with van der Waals surface area (Å²) in [6, 6.07) is 2.96. The zero-order valence-corrected chi connectivity index (χ0v) is 33.0. The fourth-order valence-electron chi connectivity index (χ4n) is 7.50. The molecule has 3 saturated carbocycles. The van der Waals surface area contributed by atoms with Gasteiger partial charge in [-0.05, 0) is 77.3 Å². The SMILES string of the molecule is COc1ccc2c(O[C@@H]3C[C@H]4C(=O)N[C@]5(C(=O)NS(=O)(=O)C6(C)CC6)C[C@H]5/C=C\CCCCC[C@H](NC(=O)N(C)C)C(=O)N4C3)cc(OC3CC3)nc2c1C. The van der Waals surface area contributed by atoms with Crippen LogP contribution in [0.4, 0.5) is 4.79 Å². The Labute approximate surface area is 321 Å². The van der Waals surface area contributed by atoms with Gasteiger partial charge in [-0.15, -0.1) is 0 Å². The molecule has 2 aromatic rings. The van der Waals surface area contributed by atoms with Crippen LogP contribution in [-0.2, 0) is 24.4 Å². The van der Waals surface area contributed by atoms with E-state index in [1.165, 1.54) is 9.80 Å². The van der Waals surface area contributed by atoms with E-state index in [1.807, 2.05) is 31.2 Å². The van der Waals surface area contributed by atoms with E-state index in [0.717, 1.165) is 31.2 Å². The summed E-state index contributed by atoms with van der Waals surface area (Å²) in [5.74, 6) is -0.753. The fraction of sp³-hybridized carbons (Fsp3) is 0.615. The summed E-state index contributed by atoms with van der Waals surface area (Å²) in [5.41, 5.74) is -0.0736. The largest absolute Gasteiger partial charge is 0.496 e. The lowest BCUT2D eigenvalue weighted by atomic mass is 10.0. The van der Waals surface area contributed by atoms with Crippen LogP contribution in [0, 0.1) is 12.8 Å². The molecule has 1 saturated heterocycles. The summed E-state index contributed by atoms with van der Waals surface area (Å²) in [6.45, 7) is 3.51.